The van der Waals surface area contributed by atoms with Crippen molar-refractivity contribution in [2.75, 3.05) is 19.6 Å². The van der Waals surface area contributed by atoms with Crippen molar-refractivity contribution in [2.24, 2.45) is 11.7 Å². The number of thiophene rings is 1. The molecule has 3 N–H and O–H groups in total. The fourth-order valence-electron chi connectivity index (χ4n) is 1.75. The van der Waals surface area contributed by atoms with E-state index in [1.807, 2.05) is 11.3 Å². The summed E-state index contributed by atoms with van der Waals surface area (Å²) in [4.78, 5) is 1.41. The molecule has 0 saturated heterocycles. The number of halogens is 1. The van der Waals surface area contributed by atoms with E-state index < -0.39 is 0 Å². The molecule has 4 heteroatoms. The van der Waals surface area contributed by atoms with Crippen molar-refractivity contribution in [3.8, 4) is 0 Å². The Morgan fingerprint density at radius 2 is 2.18 bits per heavy atom. The first-order valence-corrected chi connectivity index (χ1v) is 7.77. The van der Waals surface area contributed by atoms with E-state index in [4.69, 9.17) is 5.73 Å². The zero-order chi connectivity index (χ0) is 12.9. The average molecular weight is 319 g/mol. The summed E-state index contributed by atoms with van der Waals surface area (Å²) in [5.41, 5.74) is 5.89. The average Bonchev–Trinajstić information content (AvgIpc) is 2.72. The van der Waals surface area contributed by atoms with Gasteiger partial charge in [-0.2, -0.15) is 0 Å². The van der Waals surface area contributed by atoms with Crippen LogP contribution in [0, 0.1) is 5.92 Å². The zero-order valence-corrected chi connectivity index (χ0v) is 13.3. The lowest BCUT2D eigenvalue weighted by Crippen LogP contribution is -2.36. The molecule has 0 aliphatic heterocycles. The van der Waals surface area contributed by atoms with Gasteiger partial charge < -0.3 is 11.1 Å². The normalized spacial score (nSPS) is 13.9. The molecule has 2 nitrogen and oxygen atoms in total. The molecule has 0 saturated carbocycles. The second kappa shape index (κ2) is 6.88. The number of hydrogen-bond donors (Lipinski definition) is 2. The molecule has 17 heavy (non-hydrogen) atoms. The van der Waals surface area contributed by atoms with Gasteiger partial charge in [0.05, 0.1) is 3.79 Å². The van der Waals surface area contributed by atoms with E-state index >= 15 is 0 Å². The minimum atomic E-state index is 0.184. The van der Waals surface area contributed by atoms with E-state index in [0.717, 1.165) is 26.1 Å². The van der Waals surface area contributed by atoms with Crippen LogP contribution in [0.2, 0.25) is 0 Å². The van der Waals surface area contributed by atoms with Gasteiger partial charge in [-0.05, 0) is 47.1 Å². The molecule has 0 spiro atoms. The molecular weight excluding hydrogens is 296 g/mol. The third-order valence-corrected chi connectivity index (χ3v) is 5.14. The summed E-state index contributed by atoms with van der Waals surface area (Å²) < 4.78 is 1.20. The summed E-state index contributed by atoms with van der Waals surface area (Å²) in [5.74, 6) is 0.598. The van der Waals surface area contributed by atoms with Crippen LogP contribution < -0.4 is 11.1 Å². The Morgan fingerprint density at radius 1 is 1.47 bits per heavy atom. The summed E-state index contributed by atoms with van der Waals surface area (Å²) in [6, 6.07) is 4.33. The minimum absolute atomic E-state index is 0.184. The number of hydrogen-bond acceptors (Lipinski definition) is 3. The van der Waals surface area contributed by atoms with Crippen LogP contribution in [0.15, 0.2) is 15.9 Å². The first kappa shape index (κ1) is 15.2. The number of nitrogens with one attached hydrogen (secondary N) is 1. The van der Waals surface area contributed by atoms with Crippen LogP contribution >= 0.6 is 27.3 Å². The SMILES string of the molecule is CCC(CN)CNCC(C)(C)c1ccc(Br)s1. The standard InChI is InChI=1S/C13H23BrN2S/c1-4-10(7-15)8-16-9-13(2,3)11-5-6-12(14)17-11/h5-6,10,16H,4,7-9,15H2,1-3H3. The Hall–Kier alpha value is 0.1000. The molecule has 0 aliphatic carbocycles. The largest absolute Gasteiger partial charge is 0.330 e. The second-order valence-corrected chi connectivity index (χ2v) is 7.59. The Labute approximate surface area is 117 Å². The minimum Gasteiger partial charge on any atom is -0.330 e. The van der Waals surface area contributed by atoms with Gasteiger partial charge in [-0.15, -0.1) is 11.3 Å². The van der Waals surface area contributed by atoms with E-state index in [1.165, 1.54) is 8.66 Å². The maximum atomic E-state index is 5.70. The predicted octanol–water partition coefficient (Wildman–Crippen LogP) is 3.36. The molecule has 1 heterocycles. The highest BCUT2D eigenvalue weighted by Crippen LogP contribution is 2.32. The van der Waals surface area contributed by atoms with Gasteiger partial charge in [0.15, 0.2) is 0 Å². The van der Waals surface area contributed by atoms with Gasteiger partial charge in [-0.1, -0.05) is 27.2 Å². The number of nitrogens with two attached hydrogens (primary N) is 1. The first-order chi connectivity index (χ1) is 7.99. The molecule has 1 unspecified atom stereocenters. The molecular formula is C13H23BrN2S. The van der Waals surface area contributed by atoms with Crippen molar-refractivity contribution in [2.45, 2.75) is 32.6 Å². The van der Waals surface area contributed by atoms with Crippen LogP contribution in [0.5, 0.6) is 0 Å². The first-order valence-electron chi connectivity index (χ1n) is 6.16. The second-order valence-electron chi connectivity index (χ2n) is 5.13. The third-order valence-electron chi connectivity index (χ3n) is 3.15. The van der Waals surface area contributed by atoms with Gasteiger partial charge in [-0.3, -0.25) is 0 Å². The monoisotopic (exact) mass is 318 g/mol. The van der Waals surface area contributed by atoms with Gasteiger partial charge in [-0.25, -0.2) is 0 Å². The molecule has 1 rings (SSSR count). The van der Waals surface area contributed by atoms with E-state index in [9.17, 15) is 0 Å². The van der Waals surface area contributed by atoms with Crippen LogP contribution in [0.4, 0.5) is 0 Å². The summed E-state index contributed by atoms with van der Waals surface area (Å²) in [6.45, 7) is 9.54. The molecule has 0 radical (unpaired) electrons. The van der Waals surface area contributed by atoms with Crippen molar-refractivity contribution < 1.29 is 0 Å². The van der Waals surface area contributed by atoms with E-state index in [-0.39, 0.29) is 5.41 Å². The van der Waals surface area contributed by atoms with Crippen molar-refractivity contribution in [3.63, 3.8) is 0 Å². The van der Waals surface area contributed by atoms with Gasteiger partial charge >= 0.3 is 0 Å². The lowest BCUT2D eigenvalue weighted by molar-refractivity contribution is 0.418. The summed E-state index contributed by atoms with van der Waals surface area (Å²) in [7, 11) is 0. The van der Waals surface area contributed by atoms with Crippen molar-refractivity contribution in [1.82, 2.24) is 5.32 Å². The molecule has 1 atom stereocenters. The van der Waals surface area contributed by atoms with Crippen molar-refractivity contribution >= 4 is 27.3 Å². The Morgan fingerprint density at radius 3 is 2.65 bits per heavy atom. The van der Waals surface area contributed by atoms with Crippen LogP contribution in [-0.2, 0) is 5.41 Å². The highest BCUT2D eigenvalue weighted by molar-refractivity contribution is 9.11. The molecule has 1 aromatic rings. The fourth-order valence-corrected chi connectivity index (χ4v) is 3.23. The maximum Gasteiger partial charge on any atom is 0.0701 e. The van der Waals surface area contributed by atoms with Gasteiger partial charge in [0, 0.05) is 16.8 Å². The Bertz CT molecular complexity index is 332. The number of rotatable bonds is 7. The van der Waals surface area contributed by atoms with Crippen molar-refractivity contribution in [3.05, 3.63) is 20.8 Å². The molecule has 0 fully saturated rings. The lowest BCUT2D eigenvalue weighted by atomic mass is 9.91. The highest BCUT2D eigenvalue weighted by Gasteiger charge is 2.22. The van der Waals surface area contributed by atoms with Gasteiger partial charge in [0.25, 0.3) is 0 Å². The van der Waals surface area contributed by atoms with E-state index in [2.05, 4.69) is 54.2 Å². The van der Waals surface area contributed by atoms with Crippen LogP contribution in [0.1, 0.15) is 32.1 Å². The van der Waals surface area contributed by atoms with Crippen LogP contribution in [-0.4, -0.2) is 19.6 Å². The summed E-state index contributed by atoms with van der Waals surface area (Å²) >= 11 is 5.34. The predicted molar refractivity (Wildman–Crippen MR) is 80.8 cm³/mol. The molecule has 0 aromatic carbocycles. The lowest BCUT2D eigenvalue weighted by Gasteiger charge is -2.25. The third kappa shape index (κ3) is 4.70. The fraction of sp³-hybridized carbons (Fsp3) is 0.692. The van der Waals surface area contributed by atoms with Crippen molar-refractivity contribution in [1.29, 1.82) is 0 Å². The summed E-state index contributed by atoms with van der Waals surface area (Å²) in [5, 5.41) is 3.55. The van der Waals surface area contributed by atoms with E-state index in [1.54, 1.807) is 0 Å². The topological polar surface area (TPSA) is 38.0 Å². The Kier molecular flexibility index (Phi) is 6.13. The molecule has 0 bridgehead atoms. The van der Waals surface area contributed by atoms with Crippen LogP contribution in [0.3, 0.4) is 0 Å². The van der Waals surface area contributed by atoms with Crippen LogP contribution in [0.25, 0.3) is 0 Å². The molecule has 0 aliphatic rings. The zero-order valence-electron chi connectivity index (χ0n) is 10.9. The van der Waals surface area contributed by atoms with Gasteiger partial charge in [0.1, 0.15) is 0 Å². The summed E-state index contributed by atoms with van der Waals surface area (Å²) in [6.07, 6.45) is 1.15. The molecule has 0 amide bonds. The Balaban J connectivity index is 2.44. The highest BCUT2D eigenvalue weighted by atomic mass is 79.9. The van der Waals surface area contributed by atoms with E-state index in [0.29, 0.717) is 5.92 Å². The smallest absolute Gasteiger partial charge is 0.0701 e. The molecule has 98 valence electrons. The molecule has 1 aromatic heterocycles. The maximum absolute atomic E-state index is 5.70. The van der Waals surface area contributed by atoms with Gasteiger partial charge in [0.2, 0.25) is 0 Å². The quantitative estimate of drug-likeness (QED) is 0.809.